The van der Waals surface area contributed by atoms with Crippen molar-refractivity contribution >= 4 is 5.78 Å². The molecule has 1 unspecified atom stereocenters. The van der Waals surface area contributed by atoms with Crippen LogP contribution in [0.1, 0.15) is 16.9 Å². The summed E-state index contributed by atoms with van der Waals surface area (Å²) in [6.07, 6.45) is 2.63. The molecule has 1 aromatic rings. The zero-order chi connectivity index (χ0) is 8.39. The highest BCUT2D eigenvalue weighted by molar-refractivity contribution is 5.96. The summed E-state index contributed by atoms with van der Waals surface area (Å²) in [5.41, 5.74) is 0.700. The molecule has 1 aromatic heterocycles. The maximum absolute atomic E-state index is 11.6. The average molecular weight is 165 g/mol. The van der Waals surface area contributed by atoms with Crippen molar-refractivity contribution in [3.8, 4) is 0 Å². The molecule has 0 spiro atoms. The normalized spacial score (nSPS) is 22.8. The number of carbonyl (C=O) groups is 1. The lowest BCUT2D eigenvalue weighted by atomic mass is 10.0. The number of aromatic amines is 1. The molecule has 1 N–H and O–H groups in total. The van der Waals surface area contributed by atoms with Gasteiger partial charge in [-0.3, -0.25) is 4.79 Å². The first-order valence-electron chi connectivity index (χ1n) is 4.13. The van der Waals surface area contributed by atoms with Gasteiger partial charge in [-0.2, -0.15) is 0 Å². The molecule has 1 atom stereocenters. The van der Waals surface area contributed by atoms with Crippen LogP contribution in [-0.2, 0) is 4.74 Å². The Morgan fingerprint density at radius 3 is 3.17 bits per heavy atom. The lowest BCUT2D eigenvalue weighted by molar-refractivity contribution is 0.0896. The van der Waals surface area contributed by atoms with Gasteiger partial charge in [0.05, 0.1) is 12.3 Å². The van der Waals surface area contributed by atoms with E-state index in [0.29, 0.717) is 12.3 Å². The number of carbonyl (C=O) groups excluding carboxylic acids is 1. The lowest BCUT2D eigenvalue weighted by Gasteiger charge is -2.02. The number of H-pyrrole nitrogens is 1. The van der Waals surface area contributed by atoms with Crippen LogP contribution < -0.4 is 0 Å². The first-order chi connectivity index (χ1) is 5.88. The van der Waals surface area contributed by atoms with E-state index in [9.17, 15) is 4.79 Å². The van der Waals surface area contributed by atoms with Crippen molar-refractivity contribution in [3.05, 3.63) is 24.0 Å². The number of aromatic nitrogens is 1. The smallest absolute Gasteiger partial charge is 0.184 e. The van der Waals surface area contributed by atoms with E-state index >= 15 is 0 Å². The zero-order valence-corrected chi connectivity index (χ0v) is 6.75. The van der Waals surface area contributed by atoms with Gasteiger partial charge >= 0.3 is 0 Å². The first kappa shape index (κ1) is 7.55. The van der Waals surface area contributed by atoms with E-state index in [1.54, 1.807) is 12.3 Å². The minimum atomic E-state index is 0.0728. The molecule has 0 aromatic carbocycles. The van der Waals surface area contributed by atoms with Gasteiger partial charge in [-0.15, -0.1) is 0 Å². The number of ketones is 1. The molecule has 0 bridgehead atoms. The molecule has 1 aliphatic rings. The second kappa shape index (κ2) is 3.11. The Balaban J connectivity index is 2.09. The van der Waals surface area contributed by atoms with Gasteiger partial charge in [-0.25, -0.2) is 0 Å². The molecule has 2 heterocycles. The summed E-state index contributed by atoms with van der Waals surface area (Å²) in [7, 11) is 0. The Hall–Kier alpha value is -1.09. The molecule has 3 nitrogen and oxygen atoms in total. The van der Waals surface area contributed by atoms with E-state index in [-0.39, 0.29) is 11.7 Å². The third kappa shape index (κ3) is 1.28. The van der Waals surface area contributed by atoms with Crippen molar-refractivity contribution in [2.75, 3.05) is 13.2 Å². The van der Waals surface area contributed by atoms with Gasteiger partial charge in [0.2, 0.25) is 0 Å². The summed E-state index contributed by atoms with van der Waals surface area (Å²) in [5.74, 6) is 0.251. The Kier molecular flexibility index (Phi) is 1.96. The number of rotatable bonds is 2. The Labute approximate surface area is 70.7 Å². The Bertz CT molecular complexity index is 260. The van der Waals surface area contributed by atoms with Crippen molar-refractivity contribution in [3.63, 3.8) is 0 Å². The predicted octanol–water partition coefficient (Wildman–Crippen LogP) is 1.23. The molecule has 64 valence electrons. The van der Waals surface area contributed by atoms with E-state index in [1.807, 2.05) is 6.07 Å². The van der Waals surface area contributed by atoms with Crippen LogP contribution >= 0.6 is 0 Å². The molecular weight excluding hydrogens is 154 g/mol. The van der Waals surface area contributed by atoms with E-state index < -0.39 is 0 Å². The van der Waals surface area contributed by atoms with Crippen LogP contribution in [0.25, 0.3) is 0 Å². The van der Waals surface area contributed by atoms with Crippen LogP contribution in [0.3, 0.4) is 0 Å². The number of nitrogens with one attached hydrogen (secondary N) is 1. The fourth-order valence-corrected chi connectivity index (χ4v) is 1.44. The minimum absolute atomic E-state index is 0.0728. The van der Waals surface area contributed by atoms with E-state index in [1.165, 1.54) is 0 Å². The third-order valence-electron chi connectivity index (χ3n) is 2.16. The molecule has 0 radical (unpaired) electrons. The lowest BCUT2D eigenvalue weighted by Crippen LogP contribution is -2.14. The second-order valence-corrected chi connectivity index (χ2v) is 3.01. The summed E-state index contributed by atoms with van der Waals surface area (Å²) < 4.78 is 5.14. The first-order valence-corrected chi connectivity index (χ1v) is 4.13. The molecule has 0 amide bonds. The van der Waals surface area contributed by atoms with Crippen molar-refractivity contribution < 1.29 is 9.53 Å². The van der Waals surface area contributed by atoms with Gasteiger partial charge in [0.1, 0.15) is 0 Å². The van der Waals surface area contributed by atoms with Crippen LogP contribution in [0, 0.1) is 5.92 Å². The second-order valence-electron chi connectivity index (χ2n) is 3.01. The van der Waals surface area contributed by atoms with Crippen molar-refractivity contribution in [2.24, 2.45) is 5.92 Å². The van der Waals surface area contributed by atoms with Gasteiger partial charge in [0.15, 0.2) is 5.78 Å². The molecule has 0 saturated carbocycles. The van der Waals surface area contributed by atoms with Gasteiger partial charge in [-0.1, -0.05) is 0 Å². The summed E-state index contributed by atoms with van der Waals surface area (Å²) in [5, 5.41) is 0. The standard InChI is InChI=1S/C9H11NO2/c11-9(7-3-5-12-6-7)8-2-1-4-10-8/h1-2,4,7,10H,3,5-6H2. The van der Waals surface area contributed by atoms with Crippen LogP contribution in [0.4, 0.5) is 0 Å². The molecule has 1 fully saturated rings. The van der Waals surface area contributed by atoms with Crippen molar-refractivity contribution in [1.82, 2.24) is 4.98 Å². The zero-order valence-electron chi connectivity index (χ0n) is 6.75. The molecule has 12 heavy (non-hydrogen) atoms. The van der Waals surface area contributed by atoms with Crippen LogP contribution in [0.5, 0.6) is 0 Å². The average Bonchev–Trinajstić information content (AvgIpc) is 2.77. The van der Waals surface area contributed by atoms with Gasteiger partial charge in [0, 0.05) is 18.7 Å². The highest BCUT2D eigenvalue weighted by Crippen LogP contribution is 2.16. The largest absolute Gasteiger partial charge is 0.381 e. The Morgan fingerprint density at radius 1 is 1.67 bits per heavy atom. The number of ether oxygens (including phenoxy) is 1. The van der Waals surface area contributed by atoms with Crippen molar-refractivity contribution in [2.45, 2.75) is 6.42 Å². The fourth-order valence-electron chi connectivity index (χ4n) is 1.44. The molecule has 1 saturated heterocycles. The molecule has 2 rings (SSSR count). The highest BCUT2D eigenvalue weighted by Gasteiger charge is 2.24. The van der Waals surface area contributed by atoms with Crippen LogP contribution in [0.15, 0.2) is 18.3 Å². The quantitative estimate of drug-likeness (QED) is 0.670. The topological polar surface area (TPSA) is 42.1 Å². The highest BCUT2D eigenvalue weighted by atomic mass is 16.5. The van der Waals surface area contributed by atoms with Crippen LogP contribution in [-0.4, -0.2) is 24.0 Å². The van der Waals surface area contributed by atoms with Crippen LogP contribution in [0.2, 0.25) is 0 Å². The van der Waals surface area contributed by atoms with Gasteiger partial charge < -0.3 is 9.72 Å². The summed E-state index contributed by atoms with van der Waals surface area (Å²) in [6, 6.07) is 3.64. The molecular formula is C9H11NO2. The summed E-state index contributed by atoms with van der Waals surface area (Å²) >= 11 is 0. The summed E-state index contributed by atoms with van der Waals surface area (Å²) in [4.78, 5) is 14.5. The van der Waals surface area contributed by atoms with Crippen molar-refractivity contribution in [1.29, 1.82) is 0 Å². The maximum atomic E-state index is 11.6. The molecule has 3 heteroatoms. The summed E-state index contributed by atoms with van der Waals surface area (Å²) in [6.45, 7) is 1.30. The van der Waals surface area contributed by atoms with Gasteiger partial charge in [-0.05, 0) is 18.6 Å². The van der Waals surface area contributed by atoms with E-state index in [2.05, 4.69) is 4.98 Å². The number of Topliss-reactive ketones (excluding diaryl/α,β-unsaturated/α-hetero) is 1. The van der Waals surface area contributed by atoms with E-state index in [4.69, 9.17) is 4.74 Å². The number of hydrogen-bond acceptors (Lipinski definition) is 2. The monoisotopic (exact) mass is 165 g/mol. The predicted molar refractivity (Wildman–Crippen MR) is 44.0 cm³/mol. The molecule has 1 aliphatic heterocycles. The Morgan fingerprint density at radius 2 is 2.58 bits per heavy atom. The molecule has 0 aliphatic carbocycles. The maximum Gasteiger partial charge on any atom is 0.184 e. The number of hydrogen-bond donors (Lipinski definition) is 1. The minimum Gasteiger partial charge on any atom is -0.381 e. The third-order valence-corrected chi connectivity index (χ3v) is 2.16. The van der Waals surface area contributed by atoms with Gasteiger partial charge in [0.25, 0.3) is 0 Å². The SMILES string of the molecule is O=C(c1ccc[nH]1)C1CCOC1. The fraction of sp³-hybridized carbons (Fsp3) is 0.444. The van der Waals surface area contributed by atoms with E-state index in [0.717, 1.165) is 13.0 Å².